The van der Waals surface area contributed by atoms with E-state index in [0.29, 0.717) is 5.92 Å². The van der Waals surface area contributed by atoms with Gasteiger partial charge in [0.05, 0.1) is 0 Å². The summed E-state index contributed by atoms with van der Waals surface area (Å²) in [6, 6.07) is 0. The molecule has 0 aromatic heterocycles. The van der Waals surface area contributed by atoms with Crippen LogP contribution in [0.5, 0.6) is 0 Å². The van der Waals surface area contributed by atoms with Crippen LogP contribution in [-0.4, -0.2) is 6.17 Å². The molecule has 11 heavy (non-hydrogen) atoms. The summed E-state index contributed by atoms with van der Waals surface area (Å²) in [5.41, 5.74) is 0. The standard InChI is InChI=1S/C10H19F/c1-7(2)10-5-4-9(11)6-8(10)3/h7-10H,4-6H2,1-3H3/t8-,9+,10+/m1/s1. The molecule has 1 aliphatic rings. The minimum Gasteiger partial charge on any atom is -0.247 e. The van der Waals surface area contributed by atoms with Crippen LogP contribution < -0.4 is 0 Å². The SMILES string of the molecule is CC(C)[C@@H]1CC[C@H](F)C[C@H]1C. The van der Waals surface area contributed by atoms with Crippen molar-refractivity contribution in [2.24, 2.45) is 17.8 Å². The van der Waals surface area contributed by atoms with Crippen molar-refractivity contribution in [2.45, 2.75) is 46.2 Å². The Hall–Kier alpha value is -0.0700. The van der Waals surface area contributed by atoms with Crippen LogP contribution in [0.1, 0.15) is 40.0 Å². The molecule has 0 radical (unpaired) electrons. The van der Waals surface area contributed by atoms with E-state index in [0.717, 1.165) is 31.1 Å². The first-order chi connectivity index (χ1) is 5.11. The number of alkyl halides is 1. The predicted octanol–water partition coefficient (Wildman–Crippen LogP) is 3.42. The molecule has 0 nitrogen and oxygen atoms in total. The molecular weight excluding hydrogens is 139 g/mol. The van der Waals surface area contributed by atoms with Crippen LogP contribution in [0.15, 0.2) is 0 Å². The normalized spacial score (nSPS) is 39.5. The third-order valence-electron chi connectivity index (χ3n) is 3.03. The second kappa shape index (κ2) is 3.55. The van der Waals surface area contributed by atoms with Gasteiger partial charge in [0.1, 0.15) is 6.17 Å². The van der Waals surface area contributed by atoms with E-state index in [4.69, 9.17) is 0 Å². The molecule has 0 saturated heterocycles. The number of rotatable bonds is 1. The molecule has 66 valence electrons. The number of halogens is 1. The van der Waals surface area contributed by atoms with Gasteiger partial charge in [-0.2, -0.15) is 0 Å². The quantitative estimate of drug-likeness (QED) is 0.548. The van der Waals surface area contributed by atoms with Crippen LogP contribution in [-0.2, 0) is 0 Å². The zero-order valence-corrected chi connectivity index (χ0v) is 7.81. The van der Waals surface area contributed by atoms with Crippen molar-refractivity contribution in [3.05, 3.63) is 0 Å². The fourth-order valence-electron chi connectivity index (χ4n) is 2.34. The average molecular weight is 158 g/mol. The van der Waals surface area contributed by atoms with Gasteiger partial charge in [0.15, 0.2) is 0 Å². The second-order valence-corrected chi connectivity index (χ2v) is 4.30. The zero-order chi connectivity index (χ0) is 8.43. The van der Waals surface area contributed by atoms with Crippen molar-refractivity contribution < 1.29 is 4.39 Å². The van der Waals surface area contributed by atoms with Gasteiger partial charge in [-0.25, -0.2) is 4.39 Å². The topological polar surface area (TPSA) is 0 Å². The molecule has 0 aliphatic heterocycles. The highest BCUT2D eigenvalue weighted by molar-refractivity contribution is 4.79. The first-order valence-electron chi connectivity index (χ1n) is 4.75. The van der Waals surface area contributed by atoms with Gasteiger partial charge in [-0.1, -0.05) is 20.8 Å². The highest BCUT2D eigenvalue weighted by Crippen LogP contribution is 2.35. The Kier molecular flexibility index (Phi) is 2.91. The van der Waals surface area contributed by atoms with E-state index in [1.807, 2.05) is 0 Å². The Bertz CT molecular complexity index is 120. The summed E-state index contributed by atoms with van der Waals surface area (Å²) in [6.45, 7) is 6.69. The summed E-state index contributed by atoms with van der Waals surface area (Å²) in [5.74, 6) is 2.10. The van der Waals surface area contributed by atoms with Crippen molar-refractivity contribution in [2.75, 3.05) is 0 Å². The van der Waals surface area contributed by atoms with E-state index in [9.17, 15) is 4.39 Å². The molecule has 0 amide bonds. The van der Waals surface area contributed by atoms with E-state index in [1.165, 1.54) is 0 Å². The van der Waals surface area contributed by atoms with Crippen molar-refractivity contribution in [1.29, 1.82) is 0 Å². The molecule has 0 N–H and O–H groups in total. The molecule has 1 rings (SSSR count). The van der Waals surface area contributed by atoms with Gasteiger partial charge in [-0.05, 0) is 37.0 Å². The van der Waals surface area contributed by atoms with E-state index in [1.54, 1.807) is 0 Å². The second-order valence-electron chi connectivity index (χ2n) is 4.30. The fourth-order valence-corrected chi connectivity index (χ4v) is 2.34. The third-order valence-corrected chi connectivity index (χ3v) is 3.03. The summed E-state index contributed by atoms with van der Waals surface area (Å²) in [4.78, 5) is 0. The summed E-state index contributed by atoms with van der Waals surface area (Å²) in [5, 5.41) is 0. The van der Waals surface area contributed by atoms with Crippen LogP contribution in [0.4, 0.5) is 4.39 Å². The minimum atomic E-state index is -0.514. The molecule has 0 spiro atoms. The molecule has 1 aliphatic carbocycles. The summed E-state index contributed by atoms with van der Waals surface area (Å²) in [6.07, 6.45) is 2.18. The van der Waals surface area contributed by atoms with Gasteiger partial charge in [0.2, 0.25) is 0 Å². The lowest BCUT2D eigenvalue weighted by Crippen LogP contribution is -2.27. The van der Waals surface area contributed by atoms with Crippen molar-refractivity contribution >= 4 is 0 Å². The monoisotopic (exact) mass is 158 g/mol. The molecular formula is C10H19F. The Morgan fingerprint density at radius 2 is 1.91 bits per heavy atom. The Balaban J connectivity index is 2.44. The average Bonchev–Trinajstić information content (AvgIpc) is 1.85. The van der Waals surface area contributed by atoms with Crippen LogP contribution >= 0.6 is 0 Å². The molecule has 1 saturated carbocycles. The van der Waals surface area contributed by atoms with E-state index >= 15 is 0 Å². The number of hydrogen-bond donors (Lipinski definition) is 0. The molecule has 1 heteroatoms. The first-order valence-corrected chi connectivity index (χ1v) is 4.75. The van der Waals surface area contributed by atoms with Crippen LogP contribution in [0.3, 0.4) is 0 Å². The molecule has 0 aromatic carbocycles. The lowest BCUT2D eigenvalue weighted by Gasteiger charge is -2.33. The molecule has 0 heterocycles. The lowest BCUT2D eigenvalue weighted by molar-refractivity contribution is 0.121. The maximum Gasteiger partial charge on any atom is 0.100 e. The maximum absolute atomic E-state index is 12.9. The van der Waals surface area contributed by atoms with E-state index in [2.05, 4.69) is 20.8 Å². The summed E-state index contributed by atoms with van der Waals surface area (Å²) in [7, 11) is 0. The minimum absolute atomic E-state index is 0.514. The van der Waals surface area contributed by atoms with Gasteiger partial charge in [-0.3, -0.25) is 0 Å². The van der Waals surface area contributed by atoms with Crippen LogP contribution in [0, 0.1) is 17.8 Å². The third kappa shape index (κ3) is 2.18. The van der Waals surface area contributed by atoms with Gasteiger partial charge >= 0.3 is 0 Å². The largest absolute Gasteiger partial charge is 0.247 e. The molecule has 1 fully saturated rings. The summed E-state index contributed by atoms with van der Waals surface area (Å²) >= 11 is 0. The molecule has 0 unspecified atom stereocenters. The van der Waals surface area contributed by atoms with Gasteiger partial charge < -0.3 is 0 Å². The Morgan fingerprint density at radius 1 is 1.27 bits per heavy atom. The van der Waals surface area contributed by atoms with Crippen LogP contribution in [0.25, 0.3) is 0 Å². The molecule has 3 atom stereocenters. The van der Waals surface area contributed by atoms with Gasteiger partial charge in [0, 0.05) is 0 Å². The molecule has 0 aromatic rings. The lowest BCUT2D eigenvalue weighted by atomic mass is 9.74. The van der Waals surface area contributed by atoms with E-state index < -0.39 is 6.17 Å². The van der Waals surface area contributed by atoms with E-state index in [-0.39, 0.29) is 0 Å². The fraction of sp³-hybridized carbons (Fsp3) is 1.00. The predicted molar refractivity (Wildman–Crippen MR) is 46.2 cm³/mol. The van der Waals surface area contributed by atoms with Gasteiger partial charge in [0.25, 0.3) is 0 Å². The Morgan fingerprint density at radius 3 is 2.36 bits per heavy atom. The van der Waals surface area contributed by atoms with Crippen molar-refractivity contribution in [3.8, 4) is 0 Å². The highest BCUT2D eigenvalue weighted by atomic mass is 19.1. The van der Waals surface area contributed by atoms with Crippen LogP contribution in [0.2, 0.25) is 0 Å². The van der Waals surface area contributed by atoms with Crippen molar-refractivity contribution in [1.82, 2.24) is 0 Å². The zero-order valence-electron chi connectivity index (χ0n) is 7.81. The maximum atomic E-state index is 12.9. The number of hydrogen-bond acceptors (Lipinski definition) is 0. The first kappa shape index (κ1) is 9.02. The molecule has 0 bridgehead atoms. The van der Waals surface area contributed by atoms with Crippen molar-refractivity contribution in [3.63, 3.8) is 0 Å². The van der Waals surface area contributed by atoms with Gasteiger partial charge in [-0.15, -0.1) is 0 Å². The summed E-state index contributed by atoms with van der Waals surface area (Å²) < 4.78 is 12.9. The highest BCUT2D eigenvalue weighted by Gasteiger charge is 2.28. The smallest absolute Gasteiger partial charge is 0.100 e. The Labute approximate surface area is 69.2 Å².